The van der Waals surface area contributed by atoms with Crippen LogP contribution in [-0.4, -0.2) is 17.5 Å². The van der Waals surface area contributed by atoms with Gasteiger partial charge < -0.3 is 9.94 Å². The lowest BCUT2D eigenvalue weighted by Crippen LogP contribution is -2.05. The van der Waals surface area contributed by atoms with E-state index in [4.69, 9.17) is 9.94 Å². The maximum atomic E-state index is 8.46. The smallest absolute Gasteiger partial charge is 0.0979 e. The van der Waals surface area contributed by atoms with E-state index in [9.17, 15) is 0 Å². The van der Waals surface area contributed by atoms with E-state index in [-0.39, 0.29) is 0 Å². The molecule has 0 atom stereocenters. The second-order valence-electron chi connectivity index (χ2n) is 2.49. The van der Waals surface area contributed by atoms with Crippen LogP contribution in [0.25, 0.3) is 0 Å². The zero-order chi connectivity index (χ0) is 8.10. The van der Waals surface area contributed by atoms with E-state index in [1.165, 1.54) is 0 Å². The van der Waals surface area contributed by atoms with Crippen molar-refractivity contribution < 1.29 is 9.94 Å². The Labute approximate surface area is 66.4 Å². The fraction of sp³-hybridized carbons (Fsp3) is 0.625. The Morgan fingerprint density at radius 3 is 3.09 bits per heavy atom. The second-order valence-corrected chi connectivity index (χ2v) is 2.49. The van der Waals surface area contributed by atoms with Crippen molar-refractivity contribution in [2.75, 3.05) is 6.61 Å². The van der Waals surface area contributed by atoms with E-state index in [1.807, 2.05) is 13.0 Å². The molecule has 0 aromatic rings. The van der Waals surface area contributed by atoms with Gasteiger partial charge in [-0.15, -0.1) is 0 Å². The molecular formula is C8H13NO2. The maximum Gasteiger partial charge on any atom is 0.0979 e. The third kappa shape index (κ3) is 2.26. The van der Waals surface area contributed by atoms with Crippen LogP contribution in [0.2, 0.25) is 0 Å². The Balaban J connectivity index is 2.57. The van der Waals surface area contributed by atoms with Crippen molar-refractivity contribution in [3.63, 3.8) is 0 Å². The third-order valence-electron chi connectivity index (χ3n) is 1.64. The summed E-state index contributed by atoms with van der Waals surface area (Å²) in [6.07, 6.45) is 4.65. The standard InChI is InChI=1S/C8H13NO2/c1-2-11-8-5-3-4-7(6-8)9-10/h6,10H,2-5H2,1H3/b9-7-. The van der Waals surface area contributed by atoms with Crippen LogP contribution in [0.15, 0.2) is 17.0 Å². The first-order chi connectivity index (χ1) is 5.36. The molecule has 0 saturated heterocycles. The lowest BCUT2D eigenvalue weighted by molar-refractivity contribution is 0.215. The van der Waals surface area contributed by atoms with Crippen molar-refractivity contribution in [3.05, 3.63) is 11.8 Å². The average molecular weight is 155 g/mol. The van der Waals surface area contributed by atoms with Gasteiger partial charge in [-0.2, -0.15) is 0 Å². The molecule has 0 radical (unpaired) electrons. The lowest BCUT2D eigenvalue weighted by Gasteiger charge is -2.13. The van der Waals surface area contributed by atoms with Crippen molar-refractivity contribution in [3.8, 4) is 0 Å². The zero-order valence-electron chi connectivity index (χ0n) is 6.71. The summed E-state index contributed by atoms with van der Waals surface area (Å²) in [4.78, 5) is 0. The molecule has 0 spiro atoms. The Bertz CT molecular complexity index is 185. The summed E-state index contributed by atoms with van der Waals surface area (Å²) in [5.41, 5.74) is 0.722. The molecule has 1 aliphatic carbocycles. The molecule has 1 aliphatic rings. The molecule has 0 saturated carbocycles. The first-order valence-electron chi connectivity index (χ1n) is 3.91. The topological polar surface area (TPSA) is 41.8 Å². The Morgan fingerprint density at radius 2 is 2.45 bits per heavy atom. The molecule has 1 rings (SSSR count). The number of nitrogens with zero attached hydrogens (tertiary/aromatic N) is 1. The lowest BCUT2D eigenvalue weighted by atomic mass is 10.0. The van der Waals surface area contributed by atoms with Gasteiger partial charge in [-0.1, -0.05) is 5.16 Å². The Kier molecular flexibility index (Phi) is 2.95. The molecular weight excluding hydrogens is 142 g/mol. The Hall–Kier alpha value is -0.990. The van der Waals surface area contributed by atoms with Gasteiger partial charge in [-0.05, 0) is 19.8 Å². The number of hydrogen-bond acceptors (Lipinski definition) is 3. The molecule has 0 aromatic carbocycles. The van der Waals surface area contributed by atoms with Crippen LogP contribution >= 0.6 is 0 Å². The molecule has 3 heteroatoms. The second kappa shape index (κ2) is 4.01. The molecule has 0 fully saturated rings. The van der Waals surface area contributed by atoms with Crippen molar-refractivity contribution in [1.29, 1.82) is 0 Å². The SMILES string of the molecule is CCOC1=C/C(=N\O)CCC1. The number of oxime groups is 1. The minimum Gasteiger partial charge on any atom is -0.498 e. The van der Waals surface area contributed by atoms with Gasteiger partial charge in [-0.3, -0.25) is 0 Å². The van der Waals surface area contributed by atoms with Crippen molar-refractivity contribution in [1.82, 2.24) is 0 Å². The highest BCUT2D eigenvalue weighted by molar-refractivity contribution is 5.95. The van der Waals surface area contributed by atoms with E-state index in [0.717, 1.165) is 30.7 Å². The van der Waals surface area contributed by atoms with Gasteiger partial charge >= 0.3 is 0 Å². The molecule has 11 heavy (non-hydrogen) atoms. The van der Waals surface area contributed by atoms with Crippen LogP contribution in [-0.2, 0) is 4.74 Å². The summed E-state index contributed by atoms with van der Waals surface area (Å²) >= 11 is 0. The summed E-state index contributed by atoms with van der Waals surface area (Å²) in [6.45, 7) is 2.63. The van der Waals surface area contributed by atoms with Gasteiger partial charge in [0.15, 0.2) is 0 Å². The Morgan fingerprint density at radius 1 is 1.64 bits per heavy atom. The molecule has 1 N–H and O–H groups in total. The number of allylic oxidation sites excluding steroid dienone is 2. The number of hydrogen-bond donors (Lipinski definition) is 1. The van der Waals surface area contributed by atoms with Crippen LogP contribution in [0.1, 0.15) is 26.2 Å². The van der Waals surface area contributed by atoms with Gasteiger partial charge in [0.25, 0.3) is 0 Å². The third-order valence-corrected chi connectivity index (χ3v) is 1.64. The van der Waals surface area contributed by atoms with Crippen LogP contribution in [0.5, 0.6) is 0 Å². The van der Waals surface area contributed by atoms with E-state index >= 15 is 0 Å². The highest BCUT2D eigenvalue weighted by Crippen LogP contribution is 2.16. The monoisotopic (exact) mass is 155 g/mol. The largest absolute Gasteiger partial charge is 0.498 e. The van der Waals surface area contributed by atoms with E-state index in [1.54, 1.807) is 0 Å². The summed E-state index contributed by atoms with van der Waals surface area (Å²) < 4.78 is 5.28. The highest BCUT2D eigenvalue weighted by atomic mass is 16.5. The molecule has 0 aromatic heterocycles. The molecule has 0 amide bonds. The molecule has 0 unspecified atom stereocenters. The highest BCUT2D eigenvalue weighted by Gasteiger charge is 2.08. The molecule has 0 bridgehead atoms. The van der Waals surface area contributed by atoms with Gasteiger partial charge in [0.1, 0.15) is 0 Å². The van der Waals surface area contributed by atoms with Gasteiger partial charge in [0.05, 0.1) is 18.1 Å². The number of ether oxygens (including phenoxy) is 1. The van der Waals surface area contributed by atoms with Gasteiger partial charge in [0.2, 0.25) is 0 Å². The van der Waals surface area contributed by atoms with E-state index in [2.05, 4.69) is 5.16 Å². The van der Waals surface area contributed by atoms with Gasteiger partial charge in [0, 0.05) is 12.5 Å². The maximum absolute atomic E-state index is 8.46. The van der Waals surface area contributed by atoms with Crippen LogP contribution < -0.4 is 0 Å². The summed E-state index contributed by atoms with van der Waals surface area (Å²) in [5.74, 6) is 0.937. The number of rotatable bonds is 2. The molecule has 0 heterocycles. The van der Waals surface area contributed by atoms with Crippen LogP contribution in [0.3, 0.4) is 0 Å². The van der Waals surface area contributed by atoms with Crippen molar-refractivity contribution in [2.24, 2.45) is 5.16 Å². The predicted molar refractivity (Wildman–Crippen MR) is 42.8 cm³/mol. The fourth-order valence-corrected chi connectivity index (χ4v) is 1.15. The summed E-state index contributed by atoms with van der Waals surface area (Å²) in [7, 11) is 0. The minimum absolute atomic E-state index is 0.685. The van der Waals surface area contributed by atoms with E-state index in [0.29, 0.717) is 6.61 Å². The first-order valence-corrected chi connectivity index (χ1v) is 3.91. The normalized spacial score (nSPS) is 21.5. The van der Waals surface area contributed by atoms with Crippen molar-refractivity contribution >= 4 is 5.71 Å². The van der Waals surface area contributed by atoms with Gasteiger partial charge in [-0.25, -0.2) is 0 Å². The van der Waals surface area contributed by atoms with Crippen molar-refractivity contribution in [2.45, 2.75) is 26.2 Å². The minimum atomic E-state index is 0.685. The molecule has 62 valence electrons. The summed E-state index contributed by atoms with van der Waals surface area (Å²) in [5, 5.41) is 11.6. The van der Waals surface area contributed by atoms with Crippen LogP contribution in [0.4, 0.5) is 0 Å². The fourth-order valence-electron chi connectivity index (χ4n) is 1.15. The predicted octanol–water partition coefficient (Wildman–Crippen LogP) is 1.92. The first kappa shape index (κ1) is 8.11. The average Bonchev–Trinajstić information content (AvgIpc) is 2.06. The molecule has 0 aliphatic heterocycles. The van der Waals surface area contributed by atoms with E-state index < -0.39 is 0 Å². The zero-order valence-corrected chi connectivity index (χ0v) is 6.71. The molecule has 3 nitrogen and oxygen atoms in total. The quantitative estimate of drug-likeness (QED) is 0.489. The van der Waals surface area contributed by atoms with Crippen LogP contribution in [0, 0.1) is 0 Å². The summed E-state index contributed by atoms with van der Waals surface area (Å²) in [6, 6.07) is 0.